The van der Waals surface area contributed by atoms with Crippen LogP contribution < -0.4 is 0 Å². The Balaban J connectivity index is 4.02. The van der Waals surface area contributed by atoms with Crippen LogP contribution in [0.15, 0.2) is 0 Å². The molecule has 0 aromatic rings. The maximum Gasteiger partial charge on any atom is 0.497 e. The van der Waals surface area contributed by atoms with Crippen LogP contribution in [0.25, 0.3) is 0 Å². The zero-order valence-corrected chi connectivity index (χ0v) is 11.0. The van der Waals surface area contributed by atoms with Crippen molar-refractivity contribution in [3.63, 3.8) is 0 Å². The van der Waals surface area contributed by atoms with E-state index in [1.165, 1.54) is 0 Å². The van der Waals surface area contributed by atoms with E-state index in [2.05, 4.69) is 13.8 Å². The Morgan fingerprint density at radius 1 is 1.00 bits per heavy atom. The van der Waals surface area contributed by atoms with Crippen molar-refractivity contribution < 1.29 is 18.0 Å². The minimum Gasteiger partial charge on any atom is -0.384 e. The molecule has 0 amide bonds. The number of hydrogen-bond acceptors (Lipinski definition) is 4. The van der Waals surface area contributed by atoms with Gasteiger partial charge in [0.25, 0.3) is 0 Å². The minimum absolute atomic E-state index is 0.0138. The lowest BCUT2D eigenvalue weighted by molar-refractivity contribution is 0.0248. The zero-order valence-electron chi connectivity index (χ0n) is 10.0. The summed E-state index contributed by atoms with van der Waals surface area (Å²) in [7, 11) is 2.51. The van der Waals surface area contributed by atoms with Gasteiger partial charge in [-0.25, -0.2) is 0 Å². The molecule has 0 radical (unpaired) electrons. The molecule has 14 heavy (non-hydrogen) atoms. The number of rotatable bonds is 7. The van der Waals surface area contributed by atoms with E-state index in [-0.39, 0.29) is 5.41 Å². The maximum atomic E-state index is 5.66. The predicted molar refractivity (Wildman–Crippen MR) is 57.2 cm³/mol. The Hall–Kier alpha value is 0.0569. The van der Waals surface area contributed by atoms with Gasteiger partial charge in [0.1, 0.15) is 0 Å². The van der Waals surface area contributed by atoms with Crippen LogP contribution in [0.5, 0.6) is 0 Å². The first-order valence-electron chi connectivity index (χ1n) is 4.62. The summed E-state index contributed by atoms with van der Waals surface area (Å²) >= 11 is 0. The smallest absolute Gasteiger partial charge is 0.384 e. The fourth-order valence-corrected chi connectivity index (χ4v) is 2.02. The van der Waals surface area contributed by atoms with Crippen LogP contribution in [-0.4, -0.2) is 43.3 Å². The van der Waals surface area contributed by atoms with Crippen molar-refractivity contribution in [3.05, 3.63) is 0 Å². The second-order valence-corrected chi connectivity index (χ2v) is 6.99. The molecule has 4 nitrogen and oxygen atoms in total. The molecule has 0 aliphatic rings. The summed E-state index contributed by atoms with van der Waals surface area (Å²) in [6.45, 7) is 7.26. The molecule has 0 aliphatic heterocycles. The predicted octanol–water partition coefficient (Wildman–Crippen LogP) is 1.54. The average Bonchev–Trinajstić information content (AvgIpc) is 2.14. The van der Waals surface area contributed by atoms with Gasteiger partial charge in [-0.3, -0.25) is 0 Å². The van der Waals surface area contributed by atoms with Crippen molar-refractivity contribution in [1.82, 2.24) is 0 Å². The van der Waals surface area contributed by atoms with Crippen LogP contribution in [0, 0.1) is 5.41 Å². The molecule has 5 heteroatoms. The van der Waals surface area contributed by atoms with E-state index in [0.717, 1.165) is 0 Å². The Morgan fingerprint density at radius 3 is 1.86 bits per heavy atom. The largest absolute Gasteiger partial charge is 0.497 e. The Bertz CT molecular complexity index is 157. The first kappa shape index (κ1) is 14.1. The summed E-state index contributed by atoms with van der Waals surface area (Å²) in [6.07, 6.45) is 0. The van der Waals surface area contributed by atoms with Gasteiger partial charge in [0, 0.05) is 39.9 Å². The highest BCUT2D eigenvalue weighted by molar-refractivity contribution is 6.59. The Labute approximate surface area is 87.9 Å². The average molecular weight is 222 g/mol. The minimum atomic E-state index is -2.39. The van der Waals surface area contributed by atoms with Crippen LogP contribution in [0.4, 0.5) is 0 Å². The molecule has 0 unspecified atom stereocenters. The summed E-state index contributed by atoms with van der Waals surface area (Å²) in [6, 6.07) is 0. The van der Waals surface area contributed by atoms with E-state index in [4.69, 9.17) is 18.0 Å². The first-order chi connectivity index (χ1) is 6.39. The molecule has 0 N–H and O–H groups in total. The fourth-order valence-electron chi connectivity index (χ4n) is 0.960. The van der Waals surface area contributed by atoms with E-state index in [0.29, 0.717) is 13.2 Å². The fraction of sp³-hybridized carbons (Fsp3) is 1.00. The molecule has 0 rings (SSSR count). The molecule has 0 aliphatic carbocycles. The molecular formula is C9H22O4Si. The monoisotopic (exact) mass is 222 g/mol. The van der Waals surface area contributed by atoms with Crippen molar-refractivity contribution in [2.24, 2.45) is 5.41 Å². The van der Waals surface area contributed by atoms with E-state index >= 15 is 0 Å². The molecule has 0 aromatic heterocycles. The molecule has 0 spiro atoms. The van der Waals surface area contributed by atoms with Crippen LogP contribution in [0.3, 0.4) is 0 Å². The molecule has 0 fully saturated rings. The number of hydrogen-bond donors (Lipinski definition) is 0. The maximum absolute atomic E-state index is 5.66. The third kappa shape index (κ3) is 5.07. The molecule has 86 valence electrons. The van der Waals surface area contributed by atoms with E-state index in [9.17, 15) is 0 Å². The summed E-state index contributed by atoms with van der Waals surface area (Å²) in [5, 5.41) is 0. The van der Waals surface area contributed by atoms with Crippen molar-refractivity contribution in [1.29, 1.82) is 0 Å². The standard InChI is InChI=1S/C9H22O4Si/c1-9(2,7-10-3)8-13-14(6,11-4)12-5/h7-8H2,1-6H3. The molecule has 0 aromatic carbocycles. The van der Waals surface area contributed by atoms with Crippen molar-refractivity contribution in [2.75, 3.05) is 34.5 Å². The normalized spacial score (nSPS) is 13.3. The van der Waals surface area contributed by atoms with Gasteiger partial charge in [0.05, 0.1) is 6.61 Å². The van der Waals surface area contributed by atoms with Gasteiger partial charge in [-0.2, -0.15) is 0 Å². The quantitative estimate of drug-likeness (QED) is 0.612. The van der Waals surface area contributed by atoms with Gasteiger partial charge in [0.2, 0.25) is 0 Å². The lowest BCUT2D eigenvalue weighted by Gasteiger charge is -2.29. The van der Waals surface area contributed by atoms with Crippen LogP contribution in [-0.2, 0) is 18.0 Å². The van der Waals surface area contributed by atoms with Gasteiger partial charge in [-0.05, 0) is 0 Å². The molecular weight excluding hydrogens is 200 g/mol. The highest BCUT2D eigenvalue weighted by Crippen LogP contribution is 2.18. The summed E-state index contributed by atoms with van der Waals surface area (Å²) in [5.41, 5.74) is -0.0138. The molecule has 0 saturated carbocycles. The van der Waals surface area contributed by atoms with Crippen LogP contribution >= 0.6 is 0 Å². The lowest BCUT2D eigenvalue weighted by atomic mass is 9.97. The van der Waals surface area contributed by atoms with Crippen LogP contribution in [0.2, 0.25) is 6.55 Å². The number of ether oxygens (including phenoxy) is 1. The summed E-state index contributed by atoms with van der Waals surface area (Å²) < 4.78 is 21.2. The number of methoxy groups -OCH3 is 1. The molecule has 0 heterocycles. The van der Waals surface area contributed by atoms with Gasteiger partial charge in [-0.1, -0.05) is 13.8 Å². The Kier molecular flexibility index (Phi) is 5.85. The summed E-state index contributed by atoms with van der Waals surface area (Å²) in [5.74, 6) is 0. The van der Waals surface area contributed by atoms with E-state index in [1.54, 1.807) is 21.3 Å². The van der Waals surface area contributed by atoms with E-state index in [1.807, 2.05) is 6.55 Å². The van der Waals surface area contributed by atoms with Crippen molar-refractivity contribution in [3.8, 4) is 0 Å². The van der Waals surface area contributed by atoms with Gasteiger partial charge < -0.3 is 18.0 Å². The van der Waals surface area contributed by atoms with Crippen molar-refractivity contribution in [2.45, 2.75) is 20.4 Å². The lowest BCUT2D eigenvalue weighted by Crippen LogP contribution is -2.43. The van der Waals surface area contributed by atoms with Gasteiger partial charge in [0.15, 0.2) is 0 Å². The molecule has 0 atom stereocenters. The van der Waals surface area contributed by atoms with E-state index < -0.39 is 8.80 Å². The second kappa shape index (κ2) is 5.82. The molecule has 0 bridgehead atoms. The van der Waals surface area contributed by atoms with Gasteiger partial charge >= 0.3 is 8.80 Å². The highest BCUT2D eigenvalue weighted by atomic mass is 28.4. The summed E-state index contributed by atoms with van der Waals surface area (Å²) in [4.78, 5) is 0. The van der Waals surface area contributed by atoms with Crippen LogP contribution in [0.1, 0.15) is 13.8 Å². The third-order valence-electron chi connectivity index (χ3n) is 2.00. The SMILES string of the molecule is COCC(C)(C)CO[Si](C)(OC)OC. The molecule has 0 saturated heterocycles. The van der Waals surface area contributed by atoms with Gasteiger partial charge in [-0.15, -0.1) is 0 Å². The first-order valence-corrected chi connectivity index (χ1v) is 6.85. The third-order valence-corrected chi connectivity index (χ3v) is 4.15. The Morgan fingerprint density at radius 2 is 1.50 bits per heavy atom. The van der Waals surface area contributed by atoms with Crippen molar-refractivity contribution >= 4 is 8.80 Å². The highest BCUT2D eigenvalue weighted by Gasteiger charge is 2.34. The zero-order chi connectivity index (χ0) is 11.2. The topological polar surface area (TPSA) is 36.9 Å². The second-order valence-electron chi connectivity index (χ2n) is 4.16.